The SMILES string of the molecule is CCOC(=O)c1cc(CC)sc1NC(=O)C(C)(C)OC. The van der Waals surface area contributed by atoms with Gasteiger partial charge in [-0.1, -0.05) is 6.92 Å². The van der Waals surface area contributed by atoms with Crippen LogP contribution in [0.5, 0.6) is 0 Å². The molecule has 1 rings (SSSR count). The summed E-state index contributed by atoms with van der Waals surface area (Å²) in [6.07, 6.45) is 0.792. The van der Waals surface area contributed by atoms with Gasteiger partial charge in [-0.3, -0.25) is 4.79 Å². The maximum atomic E-state index is 12.1. The maximum absolute atomic E-state index is 12.1. The molecule has 0 aliphatic heterocycles. The fourth-order valence-electron chi connectivity index (χ4n) is 1.42. The minimum atomic E-state index is -0.956. The lowest BCUT2D eigenvalue weighted by molar-refractivity contribution is -0.133. The van der Waals surface area contributed by atoms with E-state index in [4.69, 9.17) is 9.47 Å². The molecule has 1 heterocycles. The van der Waals surface area contributed by atoms with Gasteiger partial charge in [0, 0.05) is 12.0 Å². The van der Waals surface area contributed by atoms with Gasteiger partial charge in [0.1, 0.15) is 10.6 Å². The molecule has 0 saturated carbocycles. The van der Waals surface area contributed by atoms with E-state index in [1.165, 1.54) is 18.4 Å². The third-order valence-corrected chi connectivity index (χ3v) is 4.11. The molecule has 1 amide bonds. The molecule has 0 atom stereocenters. The number of ether oxygens (including phenoxy) is 2. The predicted molar refractivity (Wildman–Crippen MR) is 79.4 cm³/mol. The van der Waals surface area contributed by atoms with Crippen LogP contribution in [0.4, 0.5) is 5.00 Å². The maximum Gasteiger partial charge on any atom is 0.341 e. The van der Waals surface area contributed by atoms with Crippen molar-refractivity contribution < 1.29 is 19.1 Å². The van der Waals surface area contributed by atoms with Crippen molar-refractivity contribution in [3.8, 4) is 0 Å². The lowest BCUT2D eigenvalue weighted by Gasteiger charge is -2.21. The number of carbonyl (C=O) groups excluding carboxylic acids is 2. The number of hydrogen-bond donors (Lipinski definition) is 1. The molecule has 0 aliphatic carbocycles. The van der Waals surface area contributed by atoms with E-state index in [0.29, 0.717) is 17.2 Å². The van der Waals surface area contributed by atoms with Gasteiger partial charge in [0.2, 0.25) is 0 Å². The van der Waals surface area contributed by atoms with Crippen LogP contribution in [0.2, 0.25) is 0 Å². The summed E-state index contributed by atoms with van der Waals surface area (Å²) in [6, 6.07) is 1.76. The van der Waals surface area contributed by atoms with Gasteiger partial charge in [0.25, 0.3) is 5.91 Å². The molecular weight excluding hydrogens is 278 g/mol. The van der Waals surface area contributed by atoms with E-state index in [-0.39, 0.29) is 5.91 Å². The Morgan fingerprint density at radius 2 is 2.00 bits per heavy atom. The molecule has 0 saturated heterocycles. The van der Waals surface area contributed by atoms with Crippen molar-refractivity contribution in [1.29, 1.82) is 0 Å². The number of esters is 1. The van der Waals surface area contributed by atoms with Crippen LogP contribution in [0.15, 0.2) is 6.07 Å². The zero-order chi connectivity index (χ0) is 15.3. The summed E-state index contributed by atoms with van der Waals surface area (Å²) in [5, 5.41) is 3.26. The van der Waals surface area contributed by atoms with Crippen LogP contribution in [0, 0.1) is 0 Å². The fourth-order valence-corrected chi connectivity index (χ4v) is 2.40. The van der Waals surface area contributed by atoms with E-state index in [2.05, 4.69) is 5.32 Å². The second-order valence-electron chi connectivity index (χ2n) is 4.70. The summed E-state index contributed by atoms with van der Waals surface area (Å²) in [7, 11) is 1.47. The van der Waals surface area contributed by atoms with E-state index >= 15 is 0 Å². The lowest BCUT2D eigenvalue weighted by Crippen LogP contribution is -2.38. The minimum absolute atomic E-state index is 0.296. The molecule has 0 aromatic carbocycles. The zero-order valence-electron chi connectivity index (χ0n) is 12.5. The van der Waals surface area contributed by atoms with Gasteiger partial charge in [0.15, 0.2) is 0 Å². The van der Waals surface area contributed by atoms with E-state index < -0.39 is 11.6 Å². The van der Waals surface area contributed by atoms with Gasteiger partial charge in [-0.05, 0) is 33.3 Å². The Morgan fingerprint density at radius 1 is 1.35 bits per heavy atom. The Morgan fingerprint density at radius 3 is 2.50 bits per heavy atom. The average Bonchev–Trinajstić information content (AvgIpc) is 2.82. The molecule has 1 aromatic heterocycles. The summed E-state index contributed by atoms with van der Waals surface area (Å²) >= 11 is 1.38. The van der Waals surface area contributed by atoms with E-state index in [1.807, 2.05) is 6.92 Å². The van der Waals surface area contributed by atoms with Crippen molar-refractivity contribution in [2.45, 2.75) is 39.7 Å². The molecule has 0 spiro atoms. The van der Waals surface area contributed by atoms with Crippen molar-refractivity contribution in [3.05, 3.63) is 16.5 Å². The first-order chi connectivity index (χ1) is 9.35. The highest BCUT2D eigenvalue weighted by molar-refractivity contribution is 7.16. The molecule has 0 fully saturated rings. The Labute approximate surface area is 123 Å². The van der Waals surface area contributed by atoms with Crippen molar-refractivity contribution in [2.75, 3.05) is 19.0 Å². The monoisotopic (exact) mass is 299 g/mol. The van der Waals surface area contributed by atoms with Crippen LogP contribution >= 0.6 is 11.3 Å². The zero-order valence-corrected chi connectivity index (χ0v) is 13.3. The summed E-state index contributed by atoms with van der Waals surface area (Å²) in [6.45, 7) is 7.37. The number of methoxy groups -OCH3 is 1. The number of thiophene rings is 1. The molecule has 0 aliphatic rings. The first kappa shape index (κ1) is 16.7. The van der Waals surface area contributed by atoms with Crippen molar-refractivity contribution >= 4 is 28.2 Å². The third kappa shape index (κ3) is 3.80. The summed E-state index contributed by atoms with van der Waals surface area (Å²) in [5.74, 6) is -0.718. The first-order valence-corrected chi connectivity index (χ1v) is 7.33. The smallest absolute Gasteiger partial charge is 0.341 e. The van der Waals surface area contributed by atoms with E-state index in [0.717, 1.165) is 11.3 Å². The number of rotatable bonds is 6. The van der Waals surface area contributed by atoms with Crippen LogP contribution in [-0.4, -0.2) is 31.2 Å². The fraction of sp³-hybridized carbons (Fsp3) is 0.571. The van der Waals surface area contributed by atoms with Crippen molar-refractivity contribution in [1.82, 2.24) is 0 Å². The Balaban J connectivity index is 3.02. The van der Waals surface area contributed by atoms with Gasteiger partial charge >= 0.3 is 5.97 Å². The van der Waals surface area contributed by atoms with Gasteiger partial charge in [-0.25, -0.2) is 4.79 Å². The van der Waals surface area contributed by atoms with Gasteiger partial charge in [0.05, 0.1) is 12.2 Å². The molecule has 0 radical (unpaired) electrons. The molecule has 1 N–H and O–H groups in total. The molecule has 1 aromatic rings. The number of aryl methyl sites for hydroxylation is 1. The predicted octanol–water partition coefficient (Wildman–Crippen LogP) is 2.85. The number of hydrogen-bond acceptors (Lipinski definition) is 5. The van der Waals surface area contributed by atoms with Crippen LogP contribution in [0.1, 0.15) is 42.9 Å². The lowest BCUT2D eigenvalue weighted by atomic mass is 10.1. The molecule has 5 nitrogen and oxygen atoms in total. The highest BCUT2D eigenvalue weighted by Crippen LogP contribution is 2.30. The summed E-state index contributed by atoms with van der Waals surface area (Å²) in [4.78, 5) is 25.0. The number of anilines is 1. The topological polar surface area (TPSA) is 64.6 Å². The highest BCUT2D eigenvalue weighted by Gasteiger charge is 2.29. The number of carbonyl (C=O) groups is 2. The van der Waals surface area contributed by atoms with Crippen molar-refractivity contribution in [3.63, 3.8) is 0 Å². The van der Waals surface area contributed by atoms with E-state index in [1.54, 1.807) is 26.8 Å². The number of nitrogens with one attached hydrogen (secondary N) is 1. The molecular formula is C14H21NO4S. The highest BCUT2D eigenvalue weighted by atomic mass is 32.1. The average molecular weight is 299 g/mol. The molecule has 6 heteroatoms. The normalized spacial score (nSPS) is 11.2. The molecule has 20 heavy (non-hydrogen) atoms. The molecule has 112 valence electrons. The Hall–Kier alpha value is -1.40. The largest absolute Gasteiger partial charge is 0.462 e. The van der Waals surface area contributed by atoms with Gasteiger partial charge < -0.3 is 14.8 Å². The third-order valence-electron chi connectivity index (χ3n) is 2.91. The van der Waals surface area contributed by atoms with Crippen molar-refractivity contribution in [2.24, 2.45) is 0 Å². The molecule has 0 bridgehead atoms. The molecule has 0 unspecified atom stereocenters. The van der Waals surface area contributed by atoms with Gasteiger partial charge in [-0.15, -0.1) is 11.3 Å². The van der Waals surface area contributed by atoms with Crippen LogP contribution in [0.3, 0.4) is 0 Å². The minimum Gasteiger partial charge on any atom is -0.462 e. The Bertz CT molecular complexity index is 493. The summed E-state index contributed by atoms with van der Waals surface area (Å²) in [5.41, 5.74) is -0.559. The first-order valence-electron chi connectivity index (χ1n) is 6.52. The van der Waals surface area contributed by atoms with Gasteiger partial charge in [-0.2, -0.15) is 0 Å². The Kier molecular flexibility index (Phi) is 5.71. The summed E-state index contributed by atoms with van der Waals surface area (Å²) < 4.78 is 10.1. The quantitative estimate of drug-likeness (QED) is 0.820. The van der Waals surface area contributed by atoms with Crippen LogP contribution in [-0.2, 0) is 20.7 Å². The standard InChI is InChI=1S/C14H21NO4S/c1-6-9-8-10(12(16)19-7-2)11(20-9)15-13(17)14(3,4)18-5/h8H,6-7H2,1-5H3,(H,15,17). The second-order valence-corrected chi connectivity index (χ2v) is 5.83. The van der Waals surface area contributed by atoms with E-state index in [9.17, 15) is 9.59 Å². The van der Waals surface area contributed by atoms with Crippen LogP contribution < -0.4 is 5.32 Å². The number of amides is 1. The van der Waals surface area contributed by atoms with Crippen LogP contribution in [0.25, 0.3) is 0 Å². The second kappa shape index (κ2) is 6.85.